The van der Waals surface area contributed by atoms with Crippen LogP contribution in [0.2, 0.25) is 0 Å². The molecule has 4 nitrogen and oxygen atoms in total. The van der Waals surface area contributed by atoms with E-state index in [0.717, 1.165) is 23.1 Å². The Morgan fingerprint density at radius 3 is 2.60 bits per heavy atom. The van der Waals surface area contributed by atoms with E-state index >= 15 is 0 Å². The third kappa shape index (κ3) is 3.71. The Labute approximate surface area is 118 Å². The van der Waals surface area contributed by atoms with Gasteiger partial charge in [0, 0.05) is 13.1 Å². The zero-order chi connectivity index (χ0) is 14.5. The Hall–Kier alpha value is -2.07. The van der Waals surface area contributed by atoms with Gasteiger partial charge >= 0.3 is 5.97 Å². The average Bonchev–Trinajstić information content (AvgIpc) is 2.44. The third-order valence-corrected chi connectivity index (χ3v) is 3.27. The number of rotatable bonds is 6. The van der Waals surface area contributed by atoms with Gasteiger partial charge in [0.2, 0.25) is 0 Å². The van der Waals surface area contributed by atoms with Crippen molar-refractivity contribution in [2.24, 2.45) is 0 Å². The number of fused-ring (bicyclic) bond motifs is 1. The van der Waals surface area contributed by atoms with Gasteiger partial charge in [0.05, 0.1) is 13.5 Å². The van der Waals surface area contributed by atoms with Gasteiger partial charge in [-0.25, -0.2) is 0 Å². The summed E-state index contributed by atoms with van der Waals surface area (Å²) in [6.07, 6.45) is 0.168. The van der Waals surface area contributed by atoms with Crippen molar-refractivity contribution < 1.29 is 14.6 Å². The van der Waals surface area contributed by atoms with Gasteiger partial charge in [0.15, 0.2) is 0 Å². The zero-order valence-electron chi connectivity index (χ0n) is 11.8. The number of benzene rings is 2. The molecule has 2 rings (SSSR count). The molecule has 0 saturated carbocycles. The maximum absolute atomic E-state index is 10.6. The molecule has 0 aliphatic heterocycles. The molecule has 1 N–H and O–H groups in total. The van der Waals surface area contributed by atoms with E-state index in [1.807, 2.05) is 30.1 Å². The predicted molar refractivity (Wildman–Crippen MR) is 79.1 cm³/mol. The lowest BCUT2D eigenvalue weighted by Gasteiger charge is -2.15. The molecule has 0 bridgehead atoms. The molecule has 0 aliphatic carbocycles. The molecule has 0 aliphatic rings. The van der Waals surface area contributed by atoms with Crippen molar-refractivity contribution in [3.05, 3.63) is 42.0 Å². The SMILES string of the molecule is COc1ccc2cc(CN(C)CCC(=O)O)ccc2c1. The van der Waals surface area contributed by atoms with E-state index in [4.69, 9.17) is 9.84 Å². The van der Waals surface area contributed by atoms with Gasteiger partial charge in [-0.2, -0.15) is 0 Å². The minimum Gasteiger partial charge on any atom is -0.497 e. The minimum atomic E-state index is -0.762. The summed E-state index contributed by atoms with van der Waals surface area (Å²) in [6.45, 7) is 1.30. The number of carboxylic acid groups (broad SMARTS) is 1. The molecule has 0 atom stereocenters. The van der Waals surface area contributed by atoms with Gasteiger partial charge in [0.25, 0.3) is 0 Å². The van der Waals surface area contributed by atoms with E-state index in [2.05, 4.69) is 18.2 Å². The fourth-order valence-corrected chi connectivity index (χ4v) is 2.18. The van der Waals surface area contributed by atoms with E-state index < -0.39 is 5.97 Å². The molecular formula is C16H19NO3. The van der Waals surface area contributed by atoms with Crippen LogP contribution in [0.5, 0.6) is 5.75 Å². The topological polar surface area (TPSA) is 49.8 Å². The highest BCUT2D eigenvalue weighted by molar-refractivity contribution is 5.84. The minimum absolute atomic E-state index is 0.168. The molecule has 0 radical (unpaired) electrons. The molecule has 0 fully saturated rings. The number of hydrogen-bond donors (Lipinski definition) is 1. The van der Waals surface area contributed by atoms with E-state index in [1.165, 1.54) is 5.56 Å². The lowest BCUT2D eigenvalue weighted by atomic mass is 10.1. The van der Waals surface area contributed by atoms with Crippen LogP contribution in [0.3, 0.4) is 0 Å². The molecule has 20 heavy (non-hydrogen) atoms. The van der Waals surface area contributed by atoms with Crippen LogP contribution in [0.25, 0.3) is 10.8 Å². The van der Waals surface area contributed by atoms with Crippen LogP contribution in [-0.2, 0) is 11.3 Å². The standard InChI is InChI=1S/C16H19NO3/c1-17(8-7-16(18)19)11-12-3-4-14-10-15(20-2)6-5-13(14)9-12/h3-6,9-10H,7-8,11H2,1-2H3,(H,18,19). The highest BCUT2D eigenvalue weighted by atomic mass is 16.5. The quantitative estimate of drug-likeness (QED) is 0.879. The van der Waals surface area contributed by atoms with Crippen molar-refractivity contribution >= 4 is 16.7 Å². The van der Waals surface area contributed by atoms with Crippen molar-refractivity contribution in [2.75, 3.05) is 20.7 Å². The van der Waals surface area contributed by atoms with E-state index in [1.54, 1.807) is 7.11 Å². The number of methoxy groups -OCH3 is 1. The molecule has 0 aromatic heterocycles. The Morgan fingerprint density at radius 2 is 1.90 bits per heavy atom. The normalized spacial score (nSPS) is 10.9. The molecule has 0 amide bonds. The second kappa shape index (κ2) is 6.39. The molecule has 4 heteroatoms. The monoisotopic (exact) mass is 273 g/mol. The summed E-state index contributed by atoms with van der Waals surface area (Å²) in [5.41, 5.74) is 1.18. The Kier molecular flexibility index (Phi) is 4.58. The van der Waals surface area contributed by atoms with Gasteiger partial charge in [-0.15, -0.1) is 0 Å². The third-order valence-electron chi connectivity index (χ3n) is 3.27. The van der Waals surface area contributed by atoms with E-state index in [9.17, 15) is 4.79 Å². The van der Waals surface area contributed by atoms with Crippen LogP contribution >= 0.6 is 0 Å². The summed E-state index contributed by atoms with van der Waals surface area (Å²) in [4.78, 5) is 12.6. The van der Waals surface area contributed by atoms with Crippen LogP contribution in [0.4, 0.5) is 0 Å². The van der Waals surface area contributed by atoms with Gasteiger partial charge < -0.3 is 14.7 Å². The number of carboxylic acids is 1. The summed E-state index contributed by atoms with van der Waals surface area (Å²) < 4.78 is 5.21. The summed E-state index contributed by atoms with van der Waals surface area (Å²) in [5, 5.41) is 11.0. The number of carbonyl (C=O) groups is 1. The van der Waals surface area contributed by atoms with Crippen LogP contribution in [0, 0.1) is 0 Å². The Balaban J connectivity index is 2.09. The summed E-state index contributed by atoms with van der Waals surface area (Å²) in [7, 11) is 3.59. The fourth-order valence-electron chi connectivity index (χ4n) is 2.18. The first-order valence-electron chi connectivity index (χ1n) is 6.55. The molecule has 2 aromatic carbocycles. The molecular weight excluding hydrogens is 254 g/mol. The number of hydrogen-bond acceptors (Lipinski definition) is 3. The molecule has 106 valence electrons. The second-order valence-electron chi connectivity index (χ2n) is 4.93. The van der Waals surface area contributed by atoms with Gasteiger partial charge in [-0.05, 0) is 41.6 Å². The lowest BCUT2D eigenvalue weighted by Crippen LogP contribution is -2.21. The Morgan fingerprint density at radius 1 is 1.20 bits per heavy atom. The first kappa shape index (κ1) is 14.3. The second-order valence-corrected chi connectivity index (χ2v) is 4.93. The summed E-state index contributed by atoms with van der Waals surface area (Å²) in [6, 6.07) is 12.3. The number of aliphatic carboxylic acids is 1. The van der Waals surface area contributed by atoms with E-state index in [0.29, 0.717) is 6.54 Å². The van der Waals surface area contributed by atoms with Gasteiger partial charge in [-0.1, -0.05) is 18.2 Å². The van der Waals surface area contributed by atoms with Crippen LogP contribution < -0.4 is 4.74 Å². The van der Waals surface area contributed by atoms with Crippen molar-refractivity contribution in [2.45, 2.75) is 13.0 Å². The van der Waals surface area contributed by atoms with E-state index in [-0.39, 0.29) is 6.42 Å². The van der Waals surface area contributed by atoms with Crippen LogP contribution in [0.1, 0.15) is 12.0 Å². The van der Waals surface area contributed by atoms with Crippen molar-refractivity contribution in [3.63, 3.8) is 0 Å². The molecule has 0 unspecified atom stereocenters. The Bertz CT molecular complexity index is 610. The molecule has 0 heterocycles. The van der Waals surface area contributed by atoms with Crippen molar-refractivity contribution in [1.29, 1.82) is 0 Å². The smallest absolute Gasteiger partial charge is 0.304 e. The molecule has 2 aromatic rings. The van der Waals surface area contributed by atoms with Crippen molar-refractivity contribution in [3.8, 4) is 5.75 Å². The maximum atomic E-state index is 10.6. The summed E-state index contributed by atoms with van der Waals surface area (Å²) in [5.74, 6) is 0.0892. The first-order chi connectivity index (χ1) is 9.58. The maximum Gasteiger partial charge on any atom is 0.304 e. The molecule has 0 saturated heterocycles. The molecule has 0 spiro atoms. The lowest BCUT2D eigenvalue weighted by molar-refractivity contribution is -0.137. The largest absolute Gasteiger partial charge is 0.497 e. The van der Waals surface area contributed by atoms with Gasteiger partial charge in [0.1, 0.15) is 5.75 Å². The zero-order valence-corrected chi connectivity index (χ0v) is 11.8. The van der Waals surface area contributed by atoms with Crippen molar-refractivity contribution in [1.82, 2.24) is 4.90 Å². The predicted octanol–water partition coefficient (Wildman–Crippen LogP) is 2.75. The summed E-state index contributed by atoms with van der Waals surface area (Å²) >= 11 is 0. The fraction of sp³-hybridized carbons (Fsp3) is 0.312. The first-order valence-corrected chi connectivity index (χ1v) is 6.55. The average molecular weight is 273 g/mol. The number of ether oxygens (including phenoxy) is 1. The highest BCUT2D eigenvalue weighted by Gasteiger charge is 2.05. The highest BCUT2D eigenvalue weighted by Crippen LogP contribution is 2.22. The van der Waals surface area contributed by atoms with Crippen LogP contribution in [-0.4, -0.2) is 36.7 Å². The van der Waals surface area contributed by atoms with Gasteiger partial charge in [-0.3, -0.25) is 4.79 Å². The number of nitrogens with zero attached hydrogens (tertiary/aromatic N) is 1. The van der Waals surface area contributed by atoms with Crippen LogP contribution in [0.15, 0.2) is 36.4 Å².